The normalized spacial score (nSPS) is 13.9. The number of aryl methyl sites for hydroxylation is 1. The van der Waals surface area contributed by atoms with Crippen LogP contribution in [0.15, 0.2) is 36.4 Å². The maximum absolute atomic E-state index is 14.0. The molecule has 0 bridgehead atoms. The Morgan fingerprint density at radius 2 is 2.10 bits per heavy atom. The van der Waals surface area contributed by atoms with Crippen LogP contribution in [0.5, 0.6) is 0 Å². The Kier molecular flexibility index (Phi) is 3.37. The fourth-order valence-corrected chi connectivity index (χ4v) is 2.74. The standard InChI is InChI=1S/C17H17FN2O/c1-11-5-6-13(15(18)9-11)17(21)20-8-7-12-3-2-4-16(19)14(12)10-20/h2-6,9H,7-8,10,19H2,1H3. The van der Waals surface area contributed by atoms with E-state index in [1.54, 1.807) is 24.0 Å². The smallest absolute Gasteiger partial charge is 0.257 e. The van der Waals surface area contributed by atoms with Gasteiger partial charge in [-0.05, 0) is 48.2 Å². The van der Waals surface area contributed by atoms with E-state index < -0.39 is 5.82 Å². The van der Waals surface area contributed by atoms with Crippen LogP contribution < -0.4 is 5.73 Å². The van der Waals surface area contributed by atoms with E-state index in [0.29, 0.717) is 18.8 Å². The van der Waals surface area contributed by atoms with Crippen LogP contribution >= 0.6 is 0 Å². The molecule has 1 aliphatic heterocycles. The quantitative estimate of drug-likeness (QED) is 0.818. The molecule has 0 aromatic heterocycles. The van der Waals surface area contributed by atoms with Gasteiger partial charge in [-0.2, -0.15) is 0 Å². The van der Waals surface area contributed by atoms with Crippen LogP contribution in [-0.2, 0) is 13.0 Å². The Hall–Kier alpha value is -2.36. The van der Waals surface area contributed by atoms with Gasteiger partial charge in [0.15, 0.2) is 0 Å². The maximum atomic E-state index is 14.0. The van der Waals surface area contributed by atoms with Crippen molar-refractivity contribution in [1.29, 1.82) is 0 Å². The molecular formula is C17H17FN2O. The first-order valence-corrected chi connectivity index (χ1v) is 6.98. The van der Waals surface area contributed by atoms with Crippen molar-refractivity contribution >= 4 is 11.6 Å². The van der Waals surface area contributed by atoms with Gasteiger partial charge in [0.1, 0.15) is 5.82 Å². The second-order valence-electron chi connectivity index (χ2n) is 5.44. The number of nitrogens with zero attached hydrogens (tertiary/aromatic N) is 1. The number of carbonyl (C=O) groups excluding carboxylic acids is 1. The monoisotopic (exact) mass is 284 g/mol. The molecule has 4 heteroatoms. The molecule has 108 valence electrons. The minimum Gasteiger partial charge on any atom is -0.398 e. The predicted octanol–water partition coefficient (Wildman–Crippen LogP) is 2.91. The third kappa shape index (κ3) is 2.49. The van der Waals surface area contributed by atoms with Crippen molar-refractivity contribution in [2.45, 2.75) is 19.9 Å². The Balaban J connectivity index is 1.89. The third-order valence-electron chi connectivity index (χ3n) is 3.95. The first kappa shape index (κ1) is 13.6. The second-order valence-corrected chi connectivity index (χ2v) is 5.44. The molecule has 1 amide bonds. The Bertz CT molecular complexity index is 712. The Morgan fingerprint density at radius 3 is 2.86 bits per heavy atom. The molecule has 1 heterocycles. The summed E-state index contributed by atoms with van der Waals surface area (Å²) in [5.41, 5.74) is 9.74. The molecule has 2 N–H and O–H groups in total. The fraction of sp³-hybridized carbons (Fsp3) is 0.235. The fourth-order valence-electron chi connectivity index (χ4n) is 2.74. The van der Waals surface area contributed by atoms with E-state index >= 15 is 0 Å². The summed E-state index contributed by atoms with van der Waals surface area (Å²) >= 11 is 0. The van der Waals surface area contributed by atoms with E-state index in [4.69, 9.17) is 5.73 Å². The van der Waals surface area contributed by atoms with Crippen LogP contribution in [-0.4, -0.2) is 17.4 Å². The highest BCUT2D eigenvalue weighted by Crippen LogP contribution is 2.25. The zero-order valence-electron chi connectivity index (χ0n) is 11.9. The number of halogens is 1. The Morgan fingerprint density at radius 1 is 1.29 bits per heavy atom. The van der Waals surface area contributed by atoms with E-state index in [-0.39, 0.29) is 11.5 Å². The van der Waals surface area contributed by atoms with Crippen LogP contribution in [0, 0.1) is 12.7 Å². The highest BCUT2D eigenvalue weighted by atomic mass is 19.1. The zero-order chi connectivity index (χ0) is 15.0. The first-order valence-electron chi connectivity index (χ1n) is 6.98. The topological polar surface area (TPSA) is 46.3 Å². The summed E-state index contributed by atoms with van der Waals surface area (Å²) in [5.74, 6) is -0.742. The largest absolute Gasteiger partial charge is 0.398 e. The molecule has 0 saturated heterocycles. The second kappa shape index (κ2) is 5.20. The first-order chi connectivity index (χ1) is 10.1. The molecule has 0 aliphatic carbocycles. The molecule has 3 nitrogen and oxygen atoms in total. The number of hydrogen-bond acceptors (Lipinski definition) is 2. The summed E-state index contributed by atoms with van der Waals surface area (Å²) < 4.78 is 14.0. The van der Waals surface area contributed by atoms with Gasteiger partial charge in [-0.1, -0.05) is 18.2 Å². The summed E-state index contributed by atoms with van der Waals surface area (Å²) in [6.07, 6.45) is 0.750. The summed E-state index contributed by atoms with van der Waals surface area (Å²) in [7, 11) is 0. The predicted molar refractivity (Wildman–Crippen MR) is 80.4 cm³/mol. The van der Waals surface area contributed by atoms with Crippen LogP contribution in [0.3, 0.4) is 0 Å². The molecule has 0 fully saturated rings. The van der Waals surface area contributed by atoms with Crippen LogP contribution in [0.25, 0.3) is 0 Å². The molecule has 2 aromatic rings. The van der Waals surface area contributed by atoms with Crippen LogP contribution in [0.4, 0.5) is 10.1 Å². The van der Waals surface area contributed by atoms with Gasteiger partial charge in [0.05, 0.1) is 5.56 Å². The van der Waals surface area contributed by atoms with Crippen molar-refractivity contribution in [2.75, 3.05) is 12.3 Å². The van der Waals surface area contributed by atoms with Gasteiger partial charge >= 0.3 is 0 Å². The lowest BCUT2D eigenvalue weighted by molar-refractivity contribution is 0.0730. The molecule has 1 aliphatic rings. The molecule has 0 atom stereocenters. The molecule has 0 saturated carbocycles. The number of fused-ring (bicyclic) bond motifs is 1. The van der Waals surface area contributed by atoms with Gasteiger partial charge in [0, 0.05) is 18.8 Å². The summed E-state index contributed by atoms with van der Waals surface area (Å²) in [4.78, 5) is 14.2. The van der Waals surface area contributed by atoms with Crippen molar-refractivity contribution in [2.24, 2.45) is 0 Å². The number of nitrogens with two attached hydrogens (primary N) is 1. The average Bonchev–Trinajstić information content (AvgIpc) is 2.47. The highest BCUT2D eigenvalue weighted by molar-refractivity contribution is 5.94. The molecule has 0 radical (unpaired) electrons. The van der Waals surface area contributed by atoms with E-state index in [2.05, 4.69) is 0 Å². The average molecular weight is 284 g/mol. The molecule has 0 unspecified atom stereocenters. The van der Waals surface area contributed by atoms with Gasteiger partial charge in [0.25, 0.3) is 5.91 Å². The lowest BCUT2D eigenvalue weighted by Gasteiger charge is -2.30. The van der Waals surface area contributed by atoms with Crippen molar-refractivity contribution in [3.63, 3.8) is 0 Å². The number of carbonyl (C=O) groups is 1. The maximum Gasteiger partial charge on any atom is 0.257 e. The van der Waals surface area contributed by atoms with Crippen molar-refractivity contribution in [1.82, 2.24) is 4.90 Å². The third-order valence-corrected chi connectivity index (χ3v) is 3.95. The molecule has 2 aromatic carbocycles. The van der Waals surface area contributed by atoms with Gasteiger partial charge in [-0.3, -0.25) is 4.79 Å². The number of rotatable bonds is 1. The van der Waals surface area contributed by atoms with Crippen molar-refractivity contribution in [3.8, 4) is 0 Å². The van der Waals surface area contributed by atoms with Gasteiger partial charge in [-0.25, -0.2) is 4.39 Å². The number of benzene rings is 2. The lowest BCUT2D eigenvalue weighted by atomic mass is 9.97. The van der Waals surface area contributed by atoms with Crippen LogP contribution in [0.2, 0.25) is 0 Å². The van der Waals surface area contributed by atoms with Gasteiger partial charge in [0.2, 0.25) is 0 Å². The van der Waals surface area contributed by atoms with Crippen LogP contribution in [0.1, 0.15) is 27.0 Å². The van der Waals surface area contributed by atoms with E-state index in [0.717, 1.165) is 17.5 Å². The zero-order valence-corrected chi connectivity index (χ0v) is 11.9. The molecule has 3 rings (SSSR count). The number of amides is 1. The summed E-state index contributed by atoms with van der Waals surface area (Å²) in [5, 5.41) is 0. The molecule has 0 spiro atoms. The van der Waals surface area contributed by atoms with E-state index in [1.807, 2.05) is 18.2 Å². The van der Waals surface area contributed by atoms with Crippen molar-refractivity contribution in [3.05, 3.63) is 64.5 Å². The van der Waals surface area contributed by atoms with E-state index in [1.165, 1.54) is 11.6 Å². The van der Waals surface area contributed by atoms with Gasteiger partial charge in [-0.15, -0.1) is 0 Å². The lowest BCUT2D eigenvalue weighted by Crippen LogP contribution is -2.36. The van der Waals surface area contributed by atoms with E-state index in [9.17, 15) is 9.18 Å². The molecular weight excluding hydrogens is 267 g/mol. The number of anilines is 1. The number of nitrogen functional groups attached to an aromatic ring is 1. The minimum atomic E-state index is -0.466. The summed E-state index contributed by atoms with van der Waals surface area (Å²) in [6.45, 7) is 2.83. The molecule has 21 heavy (non-hydrogen) atoms. The highest BCUT2D eigenvalue weighted by Gasteiger charge is 2.24. The van der Waals surface area contributed by atoms with Crippen molar-refractivity contribution < 1.29 is 9.18 Å². The summed E-state index contributed by atoms with van der Waals surface area (Å²) in [6, 6.07) is 10.5. The van der Waals surface area contributed by atoms with Gasteiger partial charge < -0.3 is 10.6 Å². The number of hydrogen-bond donors (Lipinski definition) is 1. The Labute approximate surface area is 123 Å². The minimum absolute atomic E-state index is 0.124. The SMILES string of the molecule is Cc1ccc(C(=O)N2CCc3cccc(N)c3C2)c(F)c1.